The molecule has 5 heteroatoms. The largest absolute Gasteiger partial charge is 0.298 e. The van der Waals surface area contributed by atoms with E-state index in [9.17, 15) is 8.42 Å². The van der Waals surface area contributed by atoms with Crippen LogP contribution in [0.2, 0.25) is 0 Å². The summed E-state index contributed by atoms with van der Waals surface area (Å²) in [5, 5.41) is 0. The summed E-state index contributed by atoms with van der Waals surface area (Å²) in [7, 11) is -1.28. The van der Waals surface area contributed by atoms with Gasteiger partial charge in [-0.25, -0.2) is 12.7 Å². The Hall–Kier alpha value is -0.130. The van der Waals surface area contributed by atoms with Crippen molar-refractivity contribution < 1.29 is 8.42 Å². The zero-order chi connectivity index (χ0) is 12.1. The lowest BCUT2D eigenvalue weighted by atomic mass is 9.98. The van der Waals surface area contributed by atoms with Crippen molar-refractivity contribution in [3.8, 4) is 0 Å². The summed E-state index contributed by atoms with van der Waals surface area (Å²) in [6.45, 7) is 9.25. The van der Waals surface area contributed by atoms with Crippen LogP contribution in [-0.4, -0.2) is 55.6 Å². The molecule has 2 unspecified atom stereocenters. The smallest absolute Gasteiger partial charge is 0.214 e. The van der Waals surface area contributed by atoms with Crippen molar-refractivity contribution in [2.24, 2.45) is 11.8 Å². The highest BCUT2D eigenvalue weighted by Crippen LogP contribution is 2.34. The van der Waals surface area contributed by atoms with Crippen LogP contribution in [0.25, 0.3) is 0 Å². The summed E-state index contributed by atoms with van der Waals surface area (Å²) in [5.74, 6) is 1.19. The summed E-state index contributed by atoms with van der Waals surface area (Å²) < 4.78 is 25.1. The second kappa shape index (κ2) is 3.68. The van der Waals surface area contributed by atoms with Crippen molar-refractivity contribution in [2.45, 2.75) is 26.3 Å². The lowest BCUT2D eigenvalue weighted by Crippen LogP contribution is -2.44. The summed E-state index contributed by atoms with van der Waals surface area (Å²) in [4.78, 5) is 2.41. The van der Waals surface area contributed by atoms with E-state index in [4.69, 9.17) is 0 Å². The van der Waals surface area contributed by atoms with E-state index in [0.29, 0.717) is 24.1 Å². The van der Waals surface area contributed by atoms with Gasteiger partial charge in [-0.15, -0.1) is 0 Å². The fourth-order valence-electron chi connectivity index (χ4n) is 2.72. The van der Waals surface area contributed by atoms with Gasteiger partial charge in [0.05, 0.1) is 5.75 Å². The SMILES string of the molecule is CN1CC2CN(C(C)(C)C)CC2CS1(=O)=O. The number of rotatable bonds is 0. The number of sulfonamides is 1. The quantitative estimate of drug-likeness (QED) is 0.629. The van der Waals surface area contributed by atoms with Crippen molar-refractivity contribution >= 4 is 10.0 Å². The van der Waals surface area contributed by atoms with Gasteiger partial charge in [-0.1, -0.05) is 0 Å². The van der Waals surface area contributed by atoms with Gasteiger partial charge < -0.3 is 0 Å². The molecule has 94 valence electrons. The zero-order valence-corrected chi connectivity index (χ0v) is 11.4. The first-order valence-corrected chi connectivity index (χ1v) is 7.50. The molecule has 4 nitrogen and oxygen atoms in total. The van der Waals surface area contributed by atoms with Gasteiger partial charge in [0.2, 0.25) is 10.0 Å². The van der Waals surface area contributed by atoms with Crippen LogP contribution in [0.4, 0.5) is 0 Å². The maximum absolute atomic E-state index is 11.8. The third-order valence-electron chi connectivity index (χ3n) is 3.92. The van der Waals surface area contributed by atoms with Crippen LogP contribution < -0.4 is 0 Å². The molecule has 0 aromatic heterocycles. The van der Waals surface area contributed by atoms with Gasteiger partial charge in [-0.2, -0.15) is 0 Å². The molecule has 2 aliphatic heterocycles. The predicted octanol–water partition coefficient (Wildman–Crippen LogP) is 0.608. The van der Waals surface area contributed by atoms with Crippen molar-refractivity contribution in [3.63, 3.8) is 0 Å². The number of fused-ring (bicyclic) bond motifs is 1. The number of likely N-dealkylation sites (tertiary alicyclic amines) is 1. The second-order valence-corrected chi connectivity index (χ2v) is 8.28. The molecule has 0 radical (unpaired) electrons. The molecular weight excluding hydrogens is 224 g/mol. The molecule has 0 aromatic carbocycles. The first kappa shape index (κ1) is 12.3. The van der Waals surface area contributed by atoms with E-state index >= 15 is 0 Å². The molecule has 0 amide bonds. The minimum atomic E-state index is -2.98. The molecule has 2 atom stereocenters. The molecule has 16 heavy (non-hydrogen) atoms. The second-order valence-electron chi connectivity index (χ2n) is 6.16. The molecule has 0 spiro atoms. The van der Waals surface area contributed by atoms with E-state index in [0.717, 1.165) is 13.1 Å². The first-order valence-electron chi connectivity index (χ1n) is 5.89. The van der Waals surface area contributed by atoms with E-state index in [1.807, 2.05) is 0 Å². The monoisotopic (exact) mass is 246 g/mol. The molecule has 2 rings (SSSR count). The Labute approximate surface area is 98.7 Å². The van der Waals surface area contributed by atoms with Crippen LogP contribution in [0.15, 0.2) is 0 Å². The van der Waals surface area contributed by atoms with Gasteiger partial charge in [-0.05, 0) is 32.6 Å². The van der Waals surface area contributed by atoms with E-state index in [1.54, 1.807) is 7.05 Å². The molecule has 2 fully saturated rings. The lowest BCUT2D eigenvalue weighted by Gasteiger charge is -2.31. The molecule has 0 N–H and O–H groups in total. The van der Waals surface area contributed by atoms with Crippen molar-refractivity contribution in [2.75, 3.05) is 32.4 Å². The zero-order valence-electron chi connectivity index (χ0n) is 10.6. The third kappa shape index (κ3) is 2.13. The van der Waals surface area contributed by atoms with Crippen LogP contribution in [0, 0.1) is 11.8 Å². The Balaban J connectivity index is 2.13. The summed E-state index contributed by atoms with van der Waals surface area (Å²) in [6.07, 6.45) is 0. The molecule has 2 aliphatic rings. The van der Waals surface area contributed by atoms with E-state index < -0.39 is 10.0 Å². The number of hydrogen-bond donors (Lipinski definition) is 0. The number of hydrogen-bond acceptors (Lipinski definition) is 3. The van der Waals surface area contributed by atoms with Crippen molar-refractivity contribution in [3.05, 3.63) is 0 Å². The molecule has 2 saturated heterocycles. The fraction of sp³-hybridized carbons (Fsp3) is 1.00. The minimum Gasteiger partial charge on any atom is -0.298 e. The third-order valence-corrected chi connectivity index (χ3v) is 5.86. The summed E-state index contributed by atoms with van der Waals surface area (Å²) >= 11 is 0. The van der Waals surface area contributed by atoms with Crippen LogP contribution >= 0.6 is 0 Å². The van der Waals surface area contributed by atoms with Crippen LogP contribution in [0.3, 0.4) is 0 Å². The van der Waals surface area contributed by atoms with Gasteiger partial charge in [0.25, 0.3) is 0 Å². The van der Waals surface area contributed by atoms with Crippen LogP contribution in [0.1, 0.15) is 20.8 Å². The average molecular weight is 246 g/mol. The standard InChI is InChI=1S/C11H22N2O2S/c1-11(2,3)13-6-9-5-12(4)16(14,15)8-10(9)7-13/h9-10H,5-8H2,1-4H3. The molecule has 2 heterocycles. The van der Waals surface area contributed by atoms with Gasteiger partial charge in [0.15, 0.2) is 0 Å². The van der Waals surface area contributed by atoms with Gasteiger partial charge >= 0.3 is 0 Å². The minimum absolute atomic E-state index is 0.152. The first-order chi connectivity index (χ1) is 7.20. The Morgan fingerprint density at radius 3 is 2.19 bits per heavy atom. The highest BCUT2D eigenvalue weighted by atomic mass is 32.2. The predicted molar refractivity (Wildman–Crippen MR) is 64.7 cm³/mol. The molecule has 0 saturated carbocycles. The van der Waals surface area contributed by atoms with Gasteiger partial charge in [0, 0.05) is 32.2 Å². The lowest BCUT2D eigenvalue weighted by molar-refractivity contribution is 0.165. The molecule has 0 bridgehead atoms. The van der Waals surface area contributed by atoms with E-state index in [-0.39, 0.29) is 5.54 Å². The van der Waals surface area contributed by atoms with Gasteiger partial charge in [-0.3, -0.25) is 4.90 Å². The Morgan fingerprint density at radius 1 is 1.06 bits per heavy atom. The summed E-state index contributed by atoms with van der Waals surface area (Å²) in [5.41, 5.74) is 0.152. The maximum atomic E-state index is 11.8. The fourth-order valence-corrected chi connectivity index (χ4v) is 4.32. The Bertz CT molecular complexity index is 372. The van der Waals surface area contributed by atoms with Crippen molar-refractivity contribution in [1.29, 1.82) is 0 Å². The normalized spacial score (nSPS) is 36.2. The Morgan fingerprint density at radius 2 is 1.62 bits per heavy atom. The highest BCUT2D eigenvalue weighted by molar-refractivity contribution is 7.89. The summed E-state index contributed by atoms with van der Waals surface area (Å²) in [6, 6.07) is 0. The molecule has 0 aliphatic carbocycles. The average Bonchev–Trinajstić information content (AvgIpc) is 2.46. The van der Waals surface area contributed by atoms with Crippen LogP contribution in [0.5, 0.6) is 0 Å². The van der Waals surface area contributed by atoms with Gasteiger partial charge in [0.1, 0.15) is 0 Å². The van der Waals surface area contributed by atoms with E-state index in [1.165, 1.54) is 4.31 Å². The maximum Gasteiger partial charge on any atom is 0.214 e. The Kier molecular flexibility index (Phi) is 2.84. The topological polar surface area (TPSA) is 40.6 Å². The number of nitrogens with zero attached hydrogens (tertiary/aromatic N) is 2. The van der Waals surface area contributed by atoms with Crippen LogP contribution in [-0.2, 0) is 10.0 Å². The van der Waals surface area contributed by atoms with Crippen molar-refractivity contribution in [1.82, 2.24) is 9.21 Å². The molecular formula is C11H22N2O2S. The van der Waals surface area contributed by atoms with E-state index in [2.05, 4.69) is 25.7 Å². The highest BCUT2D eigenvalue weighted by Gasteiger charge is 2.44. The molecule has 0 aromatic rings.